The lowest BCUT2D eigenvalue weighted by atomic mass is 9.78. The van der Waals surface area contributed by atoms with Crippen LogP contribution in [-0.4, -0.2) is 10.9 Å². The third kappa shape index (κ3) is 2.30. The Bertz CT molecular complexity index is 682. The second-order valence-electron chi connectivity index (χ2n) is 4.90. The van der Waals surface area contributed by atoms with Gasteiger partial charge in [-0.3, -0.25) is 0 Å². The number of oxime groups is 1. The maximum Gasteiger partial charge on any atom is 0.0871 e. The molecule has 0 saturated carbocycles. The third-order valence-corrected chi connectivity index (χ3v) is 4.52. The van der Waals surface area contributed by atoms with Crippen molar-refractivity contribution in [2.45, 2.75) is 18.8 Å². The molecule has 1 aliphatic carbocycles. The van der Waals surface area contributed by atoms with Crippen LogP contribution in [0.4, 0.5) is 0 Å². The van der Waals surface area contributed by atoms with Gasteiger partial charge in [-0.15, -0.1) is 0 Å². The Hall–Kier alpha value is -1.51. The summed E-state index contributed by atoms with van der Waals surface area (Å²) in [6, 6.07) is 13.8. The Morgan fingerprint density at radius 3 is 2.60 bits per heavy atom. The molecule has 2 aromatic carbocycles. The third-order valence-electron chi connectivity index (χ3n) is 3.78. The zero-order chi connectivity index (χ0) is 14.1. The number of benzene rings is 2. The quantitative estimate of drug-likeness (QED) is 0.577. The summed E-state index contributed by atoms with van der Waals surface area (Å²) in [4.78, 5) is 0. The Morgan fingerprint density at radius 1 is 1.05 bits per heavy atom. The minimum Gasteiger partial charge on any atom is -0.411 e. The van der Waals surface area contributed by atoms with Gasteiger partial charge in [0.1, 0.15) is 0 Å². The molecule has 1 N–H and O–H groups in total. The van der Waals surface area contributed by atoms with E-state index in [1.54, 1.807) is 0 Å². The van der Waals surface area contributed by atoms with Gasteiger partial charge in [0.2, 0.25) is 0 Å². The largest absolute Gasteiger partial charge is 0.411 e. The maximum atomic E-state index is 9.12. The number of nitrogens with zero attached hydrogens (tertiary/aromatic N) is 1. The lowest BCUT2D eigenvalue weighted by Crippen LogP contribution is -2.17. The molecule has 0 heterocycles. The van der Waals surface area contributed by atoms with E-state index in [1.165, 1.54) is 5.56 Å². The Balaban J connectivity index is 2.09. The summed E-state index contributed by atoms with van der Waals surface area (Å²) in [5, 5.41) is 13.7. The molecule has 0 bridgehead atoms. The first-order valence-electron chi connectivity index (χ1n) is 6.46. The van der Waals surface area contributed by atoms with Crippen LogP contribution in [0.5, 0.6) is 0 Å². The van der Waals surface area contributed by atoms with Crippen molar-refractivity contribution in [1.82, 2.24) is 0 Å². The van der Waals surface area contributed by atoms with Gasteiger partial charge in [-0.25, -0.2) is 0 Å². The highest BCUT2D eigenvalue weighted by molar-refractivity contribution is 6.42. The highest BCUT2D eigenvalue weighted by Gasteiger charge is 2.25. The van der Waals surface area contributed by atoms with Gasteiger partial charge in [-0.2, -0.15) is 0 Å². The minimum absolute atomic E-state index is 0.256. The molecule has 1 atom stereocenters. The molecule has 0 aliphatic heterocycles. The first-order chi connectivity index (χ1) is 9.70. The van der Waals surface area contributed by atoms with Gasteiger partial charge >= 0.3 is 0 Å². The monoisotopic (exact) mass is 305 g/mol. The van der Waals surface area contributed by atoms with Crippen LogP contribution in [0.1, 0.15) is 35.4 Å². The maximum absolute atomic E-state index is 9.12. The standard InChI is InChI=1S/C16H13Cl2NO/c17-14-7-5-10(9-15(14)18)11-6-8-16(19-20)13-4-2-1-3-12(11)13/h1-5,7,9,11,20H,6,8H2/b19-16-/t11-/m0/s1. The Kier molecular flexibility index (Phi) is 3.68. The van der Waals surface area contributed by atoms with Crippen LogP contribution in [0, 0.1) is 0 Å². The van der Waals surface area contributed by atoms with Crippen LogP contribution in [0.25, 0.3) is 0 Å². The molecule has 0 unspecified atom stereocenters. The van der Waals surface area contributed by atoms with E-state index in [0.717, 1.165) is 29.7 Å². The molecule has 2 nitrogen and oxygen atoms in total. The van der Waals surface area contributed by atoms with Crippen LogP contribution in [0.15, 0.2) is 47.6 Å². The fraction of sp³-hybridized carbons (Fsp3) is 0.188. The van der Waals surface area contributed by atoms with Crippen molar-refractivity contribution in [1.29, 1.82) is 0 Å². The first kappa shape index (κ1) is 13.5. The van der Waals surface area contributed by atoms with Gasteiger partial charge in [0, 0.05) is 11.5 Å². The van der Waals surface area contributed by atoms with Crippen molar-refractivity contribution < 1.29 is 5.21 Å². The molecule has 1 aliphatic rings. The van der Waals surface area contributed by atoms with Gasteiger partial charge in [0.25, 0.3) is 0 Å². The average Bonchev–Trinajstić information content (AvgIpc) is 2.49. The van der Waals surface area contributed by atoms with Gasteiger partial charge in [-0.05, 0) is 36.1 Å². The van der Waals surface area contributed by atoms with E-state index in [1.807, 2.05) is 36.4 Å². The number of hydrogen-bond donors (Lipinski definition) is 1. The molecule has 0 spiro atoms. The molecule has 0 fully saturated rings. The van der Waals surface area contributed by atoms with Gasteiger partial charge in [-0.1, -0.05) is 58.7 Å². The molecule has 0 aromatic heterocycles. The normalized spacial score (nSPS) is 19.9. The van der Waals surface area contributed by atoms with E-state index in [2.05, 4.69) is 11.2 Å². The topological polar surface area (TPSA) is 32.6 Å². The molecule has 0 amide bonds. The molecular weight excluding hydrogens is 293 g/mol. The van der Waals surface area contributed by atoms with Gasteiger partial charge in [0.05, 0.1) is 15.8 Å². The van der Waals surface area contributed by atoms with Crippen molar-refractivity contribution in [3.05, 3.63) is 69.2 Å². The zero-order valence-corrected chi connectivity index (χ0v) is 12.2. The fourth-order valence-corrected chi connectivity index (χ4v) is 3.12. The Morgan fingerprint density at radius 2 is 1.85 bits per heavy atom. The summed E-state index contributed by atoms with van der Waals surface area (Å²) in [5.74, 6) is 0.256. The fourth-order valence-electron chi connectivity index (χ4n) is 2.81. The number of halogens is 2. The summed E-state index contributed by atoms with van der Waals surface area (Å²) in [5.41, 5.74) is 4.07. The number of fused-ring (bicyclic) bond motifs is 1. The van der Waals surface area contributed by atoms with E-state index in [4.69, 9.17) is 28.4 Å². The van der Waals surface area contributed by atoms with Crippen molar-refractivity contribution in [2.24, 2.45) is 5.16 Å². The van der Waals surface area contributed by atoms with Gasteiger partial charge < -0.3 is 5.21 Å². The number of hydrogen-bond acceptors (Lipinski definition) is 2. The lowest BCUT2D eigenvalue weighted by Gasteiger charge is -2.26. The summed E-state index contributed by atoms with van der Waals surface area (Å²) < 4.78 is 0. The second-order valence-corrected chi connectivity index (χ2v) is 5.71. The molecular formula is C16H13Cl2NO. The molecule has 0 saturated heterocycles. The van der Waals surface area contributed by atoms with Crippen molar-refractivity contribution >= 4 is 28.9 Å². The average molecular weight is 306 g/mol. The molecule has 3 rings (SSSR count). The van der Waals surface area contributed by atoms with Crippen LogP contribution in [0.2, 0.25) is 10.0 Å². The second kappa shape index (κ2) is 5.47. The Labute approximate surface area is 127 Å². The van der Waals surface area contributed by atoms with E-state index in [9.17, 15) is 0 Å². The molecule has 0 radical (unpaired) electrons. The summed E-state index contributed by atoms with van der Waals surface area (Å²) in [6.45, 7) is 0. The smallest absolute Gasteiger partial charge is 0.0871 e. The summed E-state index contributed by atoms with van der Waals surface area (Å²) >= 11 is 12.1. The van der Waals surface area contributed by atoms with Gasteiger partial charge in [0.15, 0.2) is 0 Å². The van der Waals surface area contributed by atoms with E-state index in [0.29, 0.717) is 10.0 Å². The zero-order valence-electron chi connectivity index (χ0n) is 10.7. The van der Waals surface area contributed by atoms with Crippen LogP contribution < -0.4 is 0 Å². The van der Waals surface area contributed by atoms with Crippen molar-refractivity contribution in [3.63, 3.8) is 0 Å². The highest BCUT2D eigenvalue weighted by atomic mass is 35.5. The summed E-state index contributed by atoms with van der Waals surface area (Å²) in [6.07, 6.45) is 1.65. The minimum atomic E-state index is 0.256. The van der Waals surface area contributed by atoms with E-state index in [-0.39, 0.29) is 5.92 Å². The lowest BCUT2D eigenvalue weighted by molar-refractivity contribution is 0.317. The number of rotatable bonds is 1. The molecule has 20 heavy (non-hydrogen) atoms. The molecule has 102 valence electrons. The first-order valence-corrected chi connectivity index (χ1v) is 7.21. The van der Waals surface area contributed by atoms with Crippen LogP contribution in [-0.2, 0) is 0 Å². The SMILES string of the molecule is O/N=C1/CC[C@@H](c2ccc(Cl)c(Cl)c2)c2ccccc21. The van der Waals surface area contributed by atoms with E-state index >= 15 is 0 Å². The molecule has 2 aromatic rings. The van der Waals surface area contributed by atoms with E-state index < -0.39 is 0 Å². The van der Waals surface area contributed by atoms with Crippen LogP contribution in [0.3, 0.4) is 0 Å². The predicted molar refractivity (Wildman–Crippen MR) is 82.3 cm³/mol. The summed E-state index contributed by atoms with van der Waals surface area (Å²) in [7, 11) is 0. The predicted octanol–water partition coefficient (Wildman–Crippen LogP) is 5.10. The van der Waals surface area contributed by atoms with Crippen molar-refractivity contribution in [2.75, 3.05) is 0 Å². The van der Waals surface area contributed by atoms with Crippen molar-refractivity contribution in [3.8, 4) is 0 Å². The molecule has 4 heteroatoms. The van der Waals surface area contributed by atoms with Crippen LogP contribution >= 0.6 is 23.2 Å². The highest BCUT2D eigenvalue weighted by Crippen LogP contribution is 2.38.